The van der Waals surface area contributed by atoms with Crippen molar-refractivity contribution < 1.29 is 27.9 Å². The number of imide groups is 1. The summed E-state index contributed by atoms with van der Waals surface area (Å²) in [6.07, 6.45) is 4.79. The number of aliphatic imine (C=N–C) groups is 1. The molecule has 3 atom stereocenters. The highest BCUT2D eigenvalue weighted by Crippen LogP contribution is 2.37. The van der Waals surface area contributed by atoms with Crippen LogP contribution in [0.3, 0.4) is 0 Å². The summed E-state index contributed by atoms with van der Waals surface area (Å²) in [5.41, 5.74) is 2.11. The van der Waals surface area contributed by atoms with E-state index < -0.39 is 41.6 Å². The van der Waals surface area contributed by atoms with Gasteiger partial charge in [-0.25, -0.2) is 28.3 Å². The molecule has 1 saturated heterocycles. The Hall–Kier alpha value is -4.17. The van der Waals surface area contributed by atoms with Crippen molar-refractivity contribution in [2.75, 3.05) is 20.2 Å². The fourth-order valence-corrected chi connectivity index (χ4v) is 6.53. The molecule has 3 aliphatic rings. The van der Waals surface area contributed by atoms with E-state index in [1.165, 1.54) is 25.7 Å². The highest BCUT2D eigenvalue weighted by atomic mass is 19.2. The molecule has 1 unspecified atom stereocenters. The van der Waals surface area contributed by atoms with Gasteiger partial charge < -0.3 is 10.1 Å². The number of nitrogens with zero attached hydrogens (tertiary/aromatic N) is 4. The van der Waals surface area contributed by atoms with Crippen molar-refractivity contribution in [3.63, 3.8) is 0 Å². The number of ether oxygens (including phenoxy) is 1. The van der Waals surface area contributed by atoms with Crippen molar-refractivity contribution >= 4 is 23.7 Å². The minimum absolute atomic E-state index is 0.0779. The maximum Gasteiger partial charge on any atom is 0.352 e. The Morgan fingerprint density at radius 3 is 2.36 bits per heavy atom. The number of carbonyl (C=O) groups is 3. The smallest absolute Gasteiger partial charge is 0.352 e. The SMILES string of the molecule is COC(=O)C1C(C)=NC(=O)N(C(=O)N[C@@H]2CCN(C3CCC(c4ccc(C#N)cc4)CC3)C2)[C@H]1c1ccc(F)c(F)c1. The molecule has 4 amide bonds. The molecular weight excluding hydrogens is 544 g/mol. The number of amides is 4. The summed E-state index contributed by atoms with van der Waals surface area (Å²) in [6, 6.07) is 10.2. The van der Waals surface area contributed by atoms with E-state index in [-0.39, 0.29) is 17.3 Å². The van der Waals surface area contributed by atoms with Gasteiger partial charge in [0.2, 0.25) is 0 Å². The zero-order valence-corrected chi connectivity index (χ0v) is 23.6. The first-order chi connectivity index (χ1) is 20.2. The number of esters is 1. The van der Waals surface area contributed by atoms with Crippen LogP contribution in [0.15, 0.2) is 47.5 Å². The van der Waals surface area contributed by atoms with Crippen LogP contribution in [0.5, 0.6) is 0 Å². The lowest BCUT2D eigenvalue weighted by molar-refractivity contribution is -0.144. The molecule has 2 aliphatic heterocycles. The van der Waals surface area contributed by atoms with Crippen LogP contribution in [0.4, 0.5) is 18.4 Å². The molecule has 0 aromatic heterocycles. The standard InChI is InChI=1S/C31H33F2N5O4/c1-18-27(29(39)42-2)28(22-9-12-25(32)26(33)15-22)38(30(40)35-18)31(41)36-23-13-14-37(17-23)24-10-7-21(8-11-24)20-5-3-19(16-34)4-6-20/h3-6,9,12,15,21,23-24,27-28H,7-8,10-11,13-14,17H2,1-2H3,(H,36,41)/t21?,23-,24?,27?,28+/m1/s1. The fourth-order valence-electron chi connectivity index (χ4n) is 6.53. The maximum absolute atomic E-state index is 14.2. The largest absolute Gasteiger partial charge is 0.468 e. The second-order valence-corrected chi connectivity index (χ2v) is 11.2. The van der Waals surface area contributed by atoms with Gasteiger partial charge in [-0.3, -0.25) is 9.69 Å². The molecular formula is C31H33F2N5O4. The Balaban J connectivity index is 1.25. The molecule has 2 heterocycles. The molecule has 2 aromatic carbocycles. The van der Waals surface area contributed by atoms with Crippen molar-refractivity contribution in [2.45, 2.75) is 63.1 Å². The monoisotopic (exact) mass is 577 g/mol. The Labute approximate surface area is 243 Å². The van der Waals surface area contributed by atoms with Gasteiger partial charge in [0, 0.05) is 30.9 Å². The van der Waals surface area contributed by atoms with Gasteiger partial charge >= 0.3 is 18.0 Å². The summed E-state index contributed by atoms with van der Waals surface area (Å²) in [4.78, 5) is 46.4. The maximum atomic E-state index is 14.2. The first-order valence-electron chi connectivity index (χ1n) is 14.2. The van der Waals surface area contributed by atoms with Crippen molar-refractivity contribution in [1.82, 2.24) is 15.1 Å². The lowest BCUT2D eigenvalue weighted by Gasteiger charge is -2.37. The van der Waals surface area contributed by atoms with E-state index in [1.54, 1.807) is 0 Å². The van der Waals surface area contributed by atoms with Crippen molar-refractivity contribution in [1.29, 1.82) is 5.26 Å². The highest BCUT2D eigenvalue weighted by Gasteiger charge is 2.46. The van der Waals surface area contributed by atoms with Gasteiger partial charge in [0.25, 0.3) is 0 Å². The number of nitriles is 1. The first kappa shape index (κ1) is 29.3. The summed E-state index contributed by atoms with van der Waals surface area (Å²) >= 11 is 0. The Morgan fingerprint density at radius 2 is 1.71 bits per heavy atom. The number of hydrogen-bond acceptors (Lipinski definition) is 6. The van der Waals surface area contributed by atoms with Gasteiger partial charge in [0.1, 0.15) is 5.92 Å². The molecule has 1 saturated carbocycles. The van der Waals surface area contributed by atoms with Gasteiger partial charge in [-0.2, -0.15) is 5.26 Å². The number of benzene rings is 2. The van der Waals surface area contributed by atoms with E-state index in [0.717, 1.165) is 49.3 Å². The zero-order chi connectivity index (χ0) is 30.0. The molecule has 0 spiro atoms. The van der Waals surface area contributed by atoms with Crippen LogP contribution in [0.2, 0.25) is 0 Å². The number of hydrogen-bond donors (Lipinski definition) is 1. The van der Waals surface area contributed by atoms with Gasteiger partial charge in [-0.05, 0) is 80.3 Å². The van der Waals surface area contributed by atoms with Crippen LogP contribution in [-0.4, -0.2) is 65.8 Å². The third-order valence-corrected chi connectivity index (χ3v) is 8.75. The number of likely N-dealkylation sites (tertiary alicyclic amines) is 1. The zero-order valence-electron chi connectivity index (χ0n) is 23.6. The second kappa shape index (κ2) is 12.4. The number of carbonyl (C=O) groups excluding carboxylic acids is 3. The predicted octanol–water partition coefficient (Wildman–Crippen LogP) is 5.07. The Kier molecular flexibility index (Phi) is 8.64. The van der Waals surface area contributed by atoms with Crippen LogP contribution in [-0.2, 0) is 9.53 Å². The van der Waals surface area contributed by atoms with Crippen molar-refractivity contribution in [3.05, 3.63) is 70.8 Å². The van der Waals surface area contributed by atoms with Crippen LogP contribution < -0.4 is 5.32 Å². The number of urea groups is 2. The molecule has 0 radical (unpaired) electrons. The van der Waals surface area contributed by atoms with E-state index in [1.807, 2.05) is 24.3 Å². The van der Waals surface area contributed by atoms with Gasteiger partial charge in [-0.1, -0.05) is 18.2 Å². The molecule has 2 aromatic rings. The molecule has 11 heteroatoms. The summed E-state index contributed by atoms with van der Waals surface area (Å²) < 4.78 is 32.9. The average molecular weight is 578 g/mol. The minimum atomic E-state index is -1.26. The molecule has 220 valence electrons. The first-order valence-corrected chi connectivity index (χ1v) is 14.2. The van der Waals surface area contributed by atoms with E-state index in [0.29, 0.717) is 30.5 Å². The lowest BCUT2D eigenvalue weighted by Crippen LogP contribution is -2.54. The van der Waals surface area contributed by atoms with Crippen LogP contribution in [0.1, 0.15) is 67.7 Å². The number of rotatable bonds is 5. The highest BCUT2D eigenvalue weighted by molar-refractivity contribution is 6.11. The normalized spacial score (nSPS) is 26.4. The summed E-state index contributed by atoms with van der Waals surface area (Å²) in [6.45, 7) is 2.87. The lowest BCUT2D eigenvalue weighted by atomic mass is 9.81. The van der Waals surface area contributed by atoms with Crippen LogP contribution in [0.25, 0.3) is 0 Å². The van der Waals surface area contributed by atoms with E-state index in [2.05, 4.69) is 21.3 Å². The number of nitrogens with one attached hydrogen (secondary N) is 1. The topological polar surface area (TPSA) is 115 Å². The fraction of sp³-hybridized carbons (Fsp3) is 0.452. The molecule has 5 rings (SSSR count). The van der Waals surface area contributed by atoms with Gasteiger partial charge in [0.05, 0.1) is 24.8 Å². The summed E-state index contributed by atoms with van der Waals surface area (Å²) in [5.74, 6) is -3.72. The molecule has 0 bridgehead atoms. The van der Waals surface area contributed by atoms with E-state index in [4.69, 9.17) is 10.00 Å². The number of halogens is 2. The Morgan fingerprint density at radius 1 is 1.02 bits per heavy atom. The van der Waals surface area contributed by atoms with Gasteiger partial charge in [0.15, 0.2) is 11.6 Å². The van der Waals surface area contributed by atoms with E-state index >= 15 is 0 Å². The van der Waals surface area contributed by atoms with Gasteiger partial charge in [-0.15, -0.1) is 0 Å². The van der Waals surface area contributed by atoms with Crippen molar-refractivity contribution in [2.24, 2.45) is 10.9 Å². The van der Waals surface area contributed by atoms with Crippen LogP contribution >= 0.6 is 0 Å². The third-order valence-electron chi connectivity index (χ3n) is 8.75. The quantitative estimate of drug-likeness (QED) is 0.496. The molecule has 9 nitrogen and oxygen atoms in total. The molecule has 1 N–H and O–H groups in total. The minimum Gasteiger partial charge on any atom is -0.468 e. The summed E-state index contributed by atoms with van der Waals surface area (Å²) in [5, 5.41) is 12.0. The van der Waals surface area contributed by atoms with Crippen molar-refractivity contribution in [3.8, 4) is 6.07 Å². The molecule has 42 heavy (non-hydrogen) atoms. The average Bonchev–Trinajstić information content (AvgIpc) is 3.46. The Bertz CT molecular complexity index is 1430. The summed E-state index contributed by atoms with van der Waals surface area (Å²) in [7, 11) is 1.17. The third kappa shape index (κ3) is 5.90. The molecule has 1 aliphatic carbocycles. The molecule has 2 fully saturated rings. The number of methoxy groups -OCH3 is 1. The van der Waals surface area contributed by atoms with Crippen LogP contribution in [0, 0.1) is 28.9 Å². The predicted molar refractivity (Wildman–Crippen MR) is 150 cm³/mol. The second-order valence-electron chi connectivity index (χ2n) is 11.2. The van der Waals surface area contributed by atoms with E-state index in [9.17, 15) is 23.2 Å².